The molecule has 13 heavy (non-hydrogen) atoms. The Balaban J connectivity index is 1.86. The Morgan fingerprint density at radius 1 is 1.23 bits per heavy atom. The summed E-state index contributed by atoms with van der Waals surface area (Å²) < 4.78 is 0. The van der Waals surface area contributed by atoms with Crippen LogP contribution in [0.3, 0.4) is 0 Å². The molecule has 4 unspecified atom stereocenters. The maximum atomic E-state index is 9.98. The number of hydrogen-bond donors (Lipinski definition) is 1. The van der Waals surface area contributed by atoms with Gasteiger partial charge < -0.3 is 5.11 Å². The van der Waals surface area contributed by atoms with Gasteiger partial charge in [0.2, 0.25) is 0 Å². The second kappa shape index (κ2) is 4.03. The Labute approximate surface area is 89.1 Å². The summed E-state index contributed by atoms with van der Waals surface area (Å²) >= 11 is 4.03. The summed E-state index contributed by atoms with van der Waals surface area (Å²) in [5, 5.41) is 11.9. The van der Waals surface area contributed by atoms with Gasteiger partial charge in [-0.15, -0.1) is 0 Å². The molecule has 1 saturated carbocycles. The van der Waals surface area contributed by atoms with E-state index < -0.39 is 0 Å². The molecule has 1 aliphatic carbocycles. The van der Waals surface area contributed by atoms with Crippen LogP contribution in [0.5, 0.6) is 0 Å². The van der Waals surface area contributed by atoms with E-state index in [4.69, 9.17) is 0 Å². The third-order valence-electron chi connectivity index (χ3n) is 3.06. The standard InChI is InChI=1S/C10H18OS2/c1-6-7(2)13-9(5-12-6)10(11)8-3-4-8/h6-11H,3-5H2,1-2H3. The molecule has 1 heterocycles. The van der Waals surface area contributed by atoms with E-state index in [1.807, 2.05) is 23.5 Å². The maximum absolute atomic E-state index is 9.98. The van der Waals surface area contributed by atoms with Crippen LogP contribution in [0.4, 0.5) is 0 Å². The molecular formula is C10H18OS2. The second-order valence-electron chi connectivity index (χ2n) is 4.25. The van der Waals surface area contributed by atoms with Gasteiger partial charge in [-0.1, -0.05) is 13.8 Å². The van der Waals surface area contributed by atoms with Crippen molar-refractivity contribution >= 4 is 23.5 Å². The molecule has 2 aliphatic rings. The molecular weight excluding hydrogens is 200 g/mol. The molecule has 1 N–H and O–H groups in total. The first kappa shape index (κ1) is 10.2. The van der Waals surface area contributed by atoms with Crippen molar-refractivity contribution in [3.63, 3.8) is 0 Å². The normalized spacial score (nSPS) is 43.2. The zero-order valence-electron chi connectivity index (χ0n) is 8.27. The lowest BCUT2D eigenvalue weighted by atomic mass is 10.2. The smallest absolute Gasteiger partial charge is 0.0695 e. The highest BCUT2D eigenvalue weighted by Crippen LogP contribution is 2.43. The largest absolute Gasteiger partial charge is 0.392 e. The van der Waals surface area contributed by atoms with Gasteiger partial charge >= 0.3 is 0 Å². The van der Waals surface area contributed by atoms with Crippen molar-refractivity contribution in [1.82, 2.24) is 0 Å². The van der Waals surface area contributed by atoms with Crippen molar-refractivity contribution in [1.29, 1.82) is 0 Å². The summed E-state index contributed by atoms with van der Waals surface area (Å²) in [6.45, 7) is 4.58. The van der Waals surface area contributed by atoms with Gasteiger partial charge in [0.25, 0.3) is 0 Å². The average molecular weight is 218 g/mol. The molecule has 2 fully saturated rings. The molecule has 3 heteroatoms. The Morgan fingerprint density at radius 3 is 2.46 bits per heavy atom. The number of aliphatic hydroxyl groups is 1. The van der Waals surface area contributed by atoms with E-state index in [0.29, 0.717) is 16.4 Å². The summed E-state index contributed by atoms with van der Waals surface area (Å²) in [6.07, 6.45) is 2.49. The maximum Gasteiger partial charge on any atom is 0.0695 e. The quantitative estimate of drug-likeness (QED) is 0.768. The fraction of sp³-hybridized carbons (Fsp3) is 1.00. The third-order valence-corrected chi connectivity index (χ3v) is 6.56. The van der Waals surface area contributed by atoms with Crippen LogP contribution in [-0.4, -0.2) is 32.7 Å². The van der Waals surface area contributed by atoms with E-state index in [9.17, 15) is 5.11 Å². The number of aliphatic hydroxyl groups excluding tert-OH is 1. The third kappa shape index (κ3) is 2.37. The molecule has 1 nitrogen and oxygen atoms in total. The van der Waals surface area contributed by atoms with Crippen LogP contribution in [0.2, 0.25) is 0 Å². The van der Waals surface area contributed by atoms with E-state index >= 15 is 0 Å². The van der Waals surface area contributed by atoms with Gasteiger partial charge in [0.15, 0.2) is 0 Å². The molecule has 0 amide bonds. The highest BCUT2D eigenvalue weighted by molar-refractivity contribution is 8.07. The van der Waals surface area contributed by atoms with Gasteiger partial charge in [0.05, 0.1) is 6.10 Å². The van der Waals surface area contributed by atoms with Crippen molar-refractivity contribution in [3.05, 3.63) is 0 Å². The number of rotatable bonds is 2. The van der Waals surface area contributed by atoms with Crippen LogP contribution in [0.25, 0.3) is 0 Å². The summed E-state index contributed by atoms with van der Waals surface area (Å²) in [4.78, 5) is 0. The molecule has 0 bridgehead atoms. The van der Waals surface area contributed by atoms with Crippen molar-refractivity contribution < 1.29 is 5.11 Å². The predicted molar refractivity (Wildman–Crippen MR) is 61.5 cm³/mol. The molecule has 0 aromatic carbocycles. The topological polar surface area (TPSA) is 20.2 Å². The number of hydrogen-bond acceptors (Lipinski definition) is 3. The van der Waals surface area contributed by atoms with Crippen LogP contribution < -0.4 is 0 Å². The van der Waals surface area contributed by atoms with Crippen LogP contribution in [-0.2, 0) is 0 Å². The highest BCUT2D eigenvalue weighted by atomic mass is 32.2. The van der Waals surface area contributed by atoms with Gasteiger partial charge in [0.1, 0.15) is 0 Å². The average Bonchev–Trinajstić information content (AvgIpc) is 2.91. The molecule has 76 valence electrons. The van der Waals surface area contributed by atoms with Crippen molar-refractivity contribution in [2.45, 2.75) is 48.5 Å². The van der Waals surface area contributed by atoms with Crippen LogP contribution in [0.1, 0.15) is 26.7 Å². The summed E-state index contributed by atoms with van der Waals surface area (Å²) in [7, 11) is 0. The molecule has 2 rings (SSSR count). The molecule has 0 spiro atoms. The van der Waals surface area contributed by atoms with E-state index in [2.05, 4.69) is 13.8 Å². The van der Waals surface area contributed by atoms with Gasteiger partial charge in [-0.3, -0.25) is 0 Å². The molecule has 4 atom stereocenters. The van der Waals surface area contributed by atoms with E-state index in [1.54, 1.807) is 0 Å². The molecule has 0 aromatic heterocycles. The first-order chi connectivity index (χ1) is 6.18. The van der Waals surface area contributed by atoms with E-state index in [0.717, 1.165) is 11.0 Å². The second-order valence-corrected chi connectivity index (χ2v) is 7.28. The van der Waals surface area contributed by atoms with Crippen molar-refractivity contribution in [2.24, 2.45) is 5.92 Å². The molecule has 1 aliphatic heterocycles. The molecule has 0 aromatic rings. The Morgan fingerprint density at radius 2 is 1.92 bits per heavy atom. The lowest BCUT2D eigenvalue weighted by Gasteiger charge is -2.33. The minimum Gasteiger partial charge on any atom is -0.392 e. The Bertz CT molecular complexity index is 182. The Hall–Kier alpha value is 0.660. The Kier molecular flexibility index (Phi) is 3.16. The lowest BCUT2D eigenvalue weighted by Crippen LogP contribution is -2.35. The number of thioether (sulfide) groups is 2. The lowest BCUT2D eigenvalue weighted by molar-refractivity contribution is 0.153. The van der Waals surface area contributed by atoms with Gasteiger partial charge in [-0.2, -0.15) is 23.5 Å². The fourth-order valence-corrected chi connectivity index (χ4v) is 4.82. The zero-order valence-corrected chi connectivity index (χ0v) is 9.90. The van der Waals surface area contributed by atoms with Gasteiger partial charge in [-0.25, -0.2) is 0 Å². The van der Waals surface area contributed by atoms with Crippen LogP contribution in [0.15, 0.2) is 0 Å². The van der Waals surface area contributed by atoms with Gasteiger partial charge in [0, 0.05) is 21.5 Å². The first-order valence-electron chi connectivity index (χ1n) is 5.13. The highest BCUT2D eigenvalue weighted by Gasteiger charge is 2.38. The first-order valence-corrected chi connectivity index (χ1v) is 7.12. The molecule has 1 saturated heterocycles. The fourth-order valence-electron chi connectivity index (χ4n) is 1.73. The van der Waals surface area contributed by atoms with Crippen LogP contribution in [0, 0.1) is 5.92 Å². The minimum atomic E-state index is -0.0209. The van der Waals surface area contributed by atoms with Crippen molar-refractivity contribution in [3.8, 4) is 0 Å². The monoisotopic (exact) mass is 218 g/mol. The van der Waals surface area contributed by atoms with E-state index in [1.165, 1.54) is 12.8 Å². The van der Waals surface area contributed by atoms with Gasteiger partial charge in [-0.05, 0) is 18.8 Å². The predicted octanol–water partition coefficient (Wildman–Crippen LogP) is 2.38. The zero-order chi connectivity index (χ0) is 9.42. The van der Waals surface area contributed by atoms with E-state index in [-0.39, 0.29) is 6.10 Å². The minimum absolute atomic E-state index is 0.0209. The SMILES string of the molecule is CC1SCC(C(O)C2CC2)SC1C. The van der Waals surface area contributed by atoms with Crippen LogP contribution >= 0.6 is 23.5 Å². The summed E-state index contributed by atoms with van der Waals surface area (Å²) in [5.74, 6) is 1.78. The summed E-state index contributed by atoms with van der Waals surface area (Å²) in [6, 6.07) is 0. The molecule has 0 radical (unpaired) electrons. The van der Waals surface area contributed by atoms with Crippen molar-refractivity contribution in [2.75, 3.05) is 5.75 Å². The summed E-state index contributed by atoms with van der Waals surface area (Å²) in [5.41, 5.74) is 0.